The van der Waals surface area contributed by atoms with E-state index in [0.717, 1.165) is 10.1 Å². The molecular weight excluding hydrogens is 222 g/mol. The van der Waals surface area contributed by atoms with Gasteiger partial charge in [0.1, 0.15) is 11.3 Å². The van der Waals surface area contributed by atoms with E-state index in [0.29, 0.717) is 10.9 Å². The molecule has 6 heteroatoms. The average Bonchev–Trinajstić information content (AvgIpc) is 2.74. The summed E-state index contributed by atoms with van der Waals surface area (Å²) in [6, 6.07) is 4.98. The first-order valence-corrected chi connectivity index (χ1v) is 4.86. The number of carbonyl (C=O) groups is 1. The van der Waals surface area contributed by atoms with Crippen LogP contribution in [0.2, 0.25) is 0 Å². The number of phenols is 1. The van der Waals surface area contributed by atoms with Gasteiger partial charge in [0.25, 0.3) is 0 Å². The quantitative estimate of drug-likeness (QED) is 0.613. The van der Waals surface area contributed by atoms with Crippen LogP contribution < -0.4 is 0 Å². The normalized spacial score (nSPS) is 11.1. The van der Waals surface area contributed by atoms with Gasteiger partial charge in [-0.05, 0) is 6.07 Å². The van der Waals surface area contributed by atoms with Gasteiger partial charge < -0.3 is 10.2 Å². The molecule has 0 atom stereocenters. The number of hydrogen-bond donors (Lipinski definition) is 2. The number of nitrogens with zero attached hydrogens (tertiary/aromatic N) is 3. The van der Waals surface area contributed by atoms with Crippen molar-refractivity contribution in [3.8, 4) is 5.75 Å². The lowest BCUT2D eigenvalue weighted by Gasteiger charge is -2.02. The number of benzene rings is 1. The van der Waals surface area contributed by atoms with Crippen molar-refractivity contribution in [1.29, 1.82) is 0 Å². The van der Waals surface area contributed by atoms with Gasteiger partial charge in [0.15, 0.2) is 0 Å². The van der Waals surface area contributed by atoms with Crippen LogP contribution in [-0.4, -0.2) is 31.1 Å². The van der Waals surface area contributed by atoms with E-state index in [1.54, 1.807) is 18.3 Å². The van der Waals surface area contributed by atoms with Gasteiger partial charge in [0.2, 0.25) is 0 Å². The van der Waals surface area contributed by atoms with E-state index < -0.39 is 6.09 Å². The molecule has 1 aromatic carbocycles. The molecule has 17 heavy (non-hydrogen) atoms. The predicted octanol–water partition coefficient (Wildman–Crippen LogP) is 1.82. The molecule has 3 rings (SSSR count). The average molecular weight is 229 g/mol. The fraction of sp³-hybridized carbons (Fsp3) is 0. The molecule has 0 saturated heterocycles. The first-order chi connectivity index (χ1) is 8.18. The van der Waals surface area contributed by atoms with Crippen LogP contribution in [-0.2, 0) is 0 Å². The Balaban J connectivity index is 2.56. The van der Waals surface area contributed by atoms with E-state index in [9.17, 15) is 9.90 Å². The molecule has 0 aliphatic carbocycles. The van der Waals surface area contributed by atoms with Crippen LogP contribution in [0, 0.1) is 0 Å². The fourth-order valence-electron chi connectivity index (χ4n) is 1.90. The first-order valence-electron chi connectivity index (χ1n) is 4.86. The van der Waals surface area contributed by atoms with E-state index in [1.807, 2.05) is 0 Å². The highest BCUT2D eigenvalue weighted by Gasteiger charge is 2.15. The van der Waals surface area contributed by atoms with Crippen LogP contribution in [0.4, 0.5) is 4.79 Å². The van der Waals surface area contributed by atoms with Crippen molar-refractivity contribution < 1.29 is 15.0 Å². The Morgan fingerprint density at radius 2 is 2.18 bits per heavy atom. The summed E-state index contributed by atoms with van der Waals surface area (Å²) in [6.45, 7) is 0. The summed E-state index contributed by atoms with van der Waals surface area (Å²) < 4.78 is 0.747. The van der Waals surface area contributed by atoms with Crippen molar-refractivity contribution in [2.24, 2.45) is 0 Å². The topological polar surface area (TPSA) is 88.2 Å². The van der Waals surface area contributed by atoms with Crippen LogP contribution >= 0.6 is 0 Å². The van der Waals surface area contributed by atoms with Crippen molar-refractivity contribution >= 4 is 27.9 Å². The number of fused-ring (bicyclic) bond motifs is 3. The Bertz CT molecular complexity index is 748. The summed E-state index contributed by atoms with van der Waals surface area (Å²) in [5.41, 5.74) is 0.778. The summed E-state index contributed by atoms with van der Waals surface area (Å²) in [4.78, 5) is 15.0. The molecule has 0 aliphatic heterocycles. The lowest BCUT2D eigenvalue weighted by molar-refractivity contribution is 0.193. The van der Waals surface area contributed by atoms with Gasteiger partial charge in [-0.15, -0.1) is 0 Å². The number of rotatable bonds is 0. The number of aromatic hydroxyl groups is 1. The van der Waals surface area contributed by atoms with E-state index in [2.05, 4.69) is 10.1 Å². The van der Waals surface area contributed by atoms with Gasteiger partial charge in [-0.2, -0.15) is 9.78 Å². The van der Waals surface area contributed by atoms with Crippen LogP contribution in [0.15, 0.2) is 30.6 Å². The zero-order valence-electron chi connectivity index (χ0n) is 8.53. The van der Waals surface area contributed by atoms with Gasteiger partial charge in [-0.25, -0.2) is 4.79 Å². The molecule has 0 bridgehead atoms. The second-order valence-corrected chi connectivity index (χ2v) is 3.57. The Labute approximate surface area is 94.7 Å². The summed E-state index contributed by atoms with van der Waals surface area (Å²) in [7, 11) is 0. The molecule has 0 aliphatic rings. The van der Waals surface area contributed by atoms with Gasteiger partial charge in [-0.3, -0.25) is 4.98 Å². The number of hydrogen-bond acceptors (Lipinski definition) is 4. The monoisotopic (exact) mass is 229 g/mol. The highest BCUT2D eigenvalue weighted by atomic mass is 16.4. The molecule has 0 fully saturated rings. The Kier molecular flexibility index (Phi) is 1.79. The first kappa shape index (κ1) is 9.59. The molecule has 3 aromatic rings. The van der Waals surface area contributed by atoms with E-state index in [4.69, 9.17) is 5.11 Å². The van der Waals surface area contributed by atoms with Gasteiger partial charge in [0.05, 0.1) is 11.7 Å². The molecule has 2 heterocycles. The SMILES string of the molecule is O=C(O)n1ncc2c3cccnc3cc(O)c21. The molecule has 0 spiro atoms. The minimum absolute atomic E-state index is 0.147. The number of pyridine rings is 1. The maximum atomic E-state index is 10.9. The van der Waals surface area contributed by atoms with Crippen LogP contribution in [0.5, 0.6) is 5.75 Å². The van der Waals surface area contributed by atoms with E-state index in [-0.39, 0.29) is 11.3 Å². The summed E-state index contributed by atoms with van der Waals surface area (Å²) in [5.74, 6) is -0.147. The maximum Gasteiger partial charge on any atom is 0.432 e. The van der Waals surface area contributed by atoms with Crippen LogP contribution in [0.25, 0.3) is 21.8 Å². The second-order valence-electron chi connectivity index (χ2n) is 3.57. The largest absolute Gasteiger partial charge is 0.506 e. The van der Waals surface area contributed by atoms with Crippen molar-refractivity contribution in [3.05, 3.63) is 30.6 Å². The van der Waals surface area contributed by atoms with Gasteiger partial charge in [-0.1, -0.05) is 6.07 Å². The molecule has 6 nitrogen and oxygen atoms in total. The highest BCUT2D eigenvalue weighted by molar-refractivity contribution is 6.09. The molecule has 2 N–H and O–H groups in total. The minimum atomic E-state index is -1.24. The third-order valence-electron chi connectivity index (χ3n) is 2.60. The third-order valence-corrected chi connectivity index (χ3v) is 2.60. The minimum Gasteiger partial charge on any atom is -0.506 e. The Morgan fingerprint density at radius 1 is 1.35 bits per heavy atom. The van der Waals surface area contributed by atoms with Crippen molar-refractivity contribution in [2.75, 3.05) is 0 Å². The lowest BCUT2D eigenvalue weighted by Crippen LogP contribution is -2.09. The summed E-state index contributed by atoms with van der Waals surface area (Å²) in [6.07, 6.45) is 1.78. The molecule has 0 amide bonds. The highest BCUT2D eigenvalue weighted by Crippen LogP contribution is 2.31. The Hall–Kier alpha value is -2.63. The third kappa shape index (κ3) is 1.24. The van der Waals surface area contributed by atoms with Crippen LogP contribution in [0.1, 0.15) is 0 Å². The lowest BCUT2D eigenvalue weighted by atomic mass is 10.1. The number of phenolic OH excluding ortho intramolecular Hbond substituents is 1. The maximum absolute atomic E-state index is 10.9. The van der Waals surface area contributed by atoms with E-state index >= 15 is 0 Å². The Morgan fingerprint density at radius 3 is 2.94 bits per heavy atom. The van der Waals surface area contributed by atoms with Gasteiger partial charge in [0, 0.05) is 23.0 Å². The van der Waals surface area contributed by atoms with Crippen molar-refractivity contribution in [2.45, 2.75) is 0 Å². The van der Waals surface area contributed by atoms with Crippen LogP contribution in [0.3, 0.4) is 0 Å². The summed E-state index contributed by atoms with van der Waals surface area (Å²) >= 11 is 0. The summed E-state index contributed by atoms with van der Waals surface area (Å²) in [5, 5.41) is 23.8. The number of aromatic nitrogens is 3. The molecule has 0 radical (unpaired) electrons. The van der Waals surface area contributed by atoms with Crippen molar-refractivity contribution in [1.82, 2.24) is 14.8 Å². The molecule has 84 valence electrons. The molecule has 0 saturated carbocycles. The van der Waals surface area contributed by atoms with E-state index in [1.165, 1.54) is 12.3 Å². The molecule has 2 aromatic heterocycles. The standard InChI is InChI=1S/C11H7N3O3/c15-9-4-8-6(2-1-3-12-8)7-5-13-14(10(7)9)11(16)17/h1-5,15H,(H,16,17). The smallest absolute Gasteiger partial charge is 0.432 e. The van der Waals surface area contributed by atoms with Gasteiger partial charge >= 0.3 is 6.09 Å². The molecular formula is C11H7N3O3. The zero-order valence-corrected chi connectivity index (χ0v) is 8.53. The predicted molar refractivity (Wildman–Crippen MR) is 60.1 cm³/mol. The second kappa shape index (κ2) is 3.18. The fourth-order valence-corrected chi connectivity index (χ4v) is 1.90. The number of carboxylic acid groups (broad SMARTS) is 1. The zero-order chi connectivity index (χ0) is 12.0. The molecule has 0 unspecified atom stereocenters. The van der Waals surface area contributed by atoms with Crippen molar-refractivity contribution in [3.63, 3.8) is 0 Å².